The summed E-state index contributed by atoms with van der Waals surface area (Å²) in [5.74, 6) is 1.25. The SMILES string of the molecule is CCCCCCC[n+]1cc[nH]c1-c1c(C)cc(C)cc1C.[Br-]. The molecule has 3 heteroatoms. The highest BCUT2D eigenvalue weighted by Gasteiger charge is 2.17. The molecule has 0 atom stereocenters. The second kappa shape index (κ2) is 9.14. The molecule has 122 valence electrons. The van der Waals surface area contributed by atoms with Gasteiger partial charge in [-0.2, -0.15) is 0 Å². The minimum atomic E-state index is 0. The molecule has 1 aromatic heterocycles. The Morgan fingerprint density at radius 1 is 0.955 bits per heavy atom. The van der Waals surface area contributed by atoms with Crippen LogP contribution in [0.3, 0.4) is 0 Å². The van der Waals surface area contributed by atoms with Gasteiger partial charge in [0, 0.05) is 0 Å². The van der Waals surface area contributed by atoms with Crippen LogP contribution >= 0.6 is 0 Å². The third-order valence-electron chi connectivity index (χ3n) is 4.18. The zero-order chi connectivity index (χ0) is 15.2. The number of rotatable bonds is 7. The van der Waals surface area contributed by atoms with Crippen LogP contribution < -0.4 is 21.5 Å². The van der Waals surface area contributed by atoms with Crippen LogP contribution in [0, 0.1) is 20.8 Å². The molecule has 0 fully saturated rings. The van der Waals surface area contributed by atoms with Crippen molar-refractivity contribution >= 4 is 0 Å². The van der Waals surface area contributed by atoms with Crippen molar-refractivity contribution in [3.63, 3.8) is 0 Å². The van der Waals surface area contributed by atoms with Crippen LogP contribution in [-0.4, -0.2) is 4.98 Å². The largest absolute Gasteiger partial charge is 1.00 e. The van der Waals surface area contributed by atoms with E-state index in [1.165, 1.54) is 60.2 Å². The zero-order valence-corrected chi connectivity index (χ0v) is 16.0. The molecule has 0 aliphatic carbocycles. The topological polar surface area (TPSA) is 19.7 Å². The van der Waals surface area contributed by atoms with Crippen molar-refractivity contribution in [2.24, 2.45) is 0 Å². The lowest BCUT2D eigenvalue weighted by Crippen LogP contribution is -3.00. The van der Waals surface area contributed by atoms with Crippen molar-refractivity contribution in [3.8, 4) is 11.4 Å². The molecule has 0 saturated carbocycles. The quantitative estimate of drug-likeness (QED) is 0.571. The van der Waals surface area contributed by atoms with Gasteiger partial charge in [0.25, 0.3) is 5.82 Å². The number of nitrogens with zero attached hydrogens (tertiary/aromatic N) is 1. The van der Waals surface area contributed by atoms with Crippen LogP contribution in [0.5, 0.6) is 0 Å². The molecule has 0 saturated heterocycles. The van der Waals surface area contributed by atoms with E-state index in [-0.39, 0.29) is 17.0 Å². The Balaban J connectivity index is 0.00000242. The predicted molar refractivity (Wildman–Crippen MR) is 89.4 cm³/mol. The molecule has 0 radical (unpaired) electrons. The molecule has 22 heavy (non-hydrogen) atoms. The van der Waals surface area contributed by atoms with Crippen molar-refractivity contribution < 1.29 is 21.5 Å². The smallest absolute Gasteiger partial charge is 0.287 e. The van der Waals surface area contributed by atoms with Crippen molar-refractivity contribution in [3.05, 3.63) is 41.2 Å². The summed E-state index contributed by atoms with van der Waals surface area (Å²) in [4.78, 5) is 3.44. The van der Waals surface area contributed by atoms with E-state index in [0.717, 1.165) is 6.54 Å². The molecule has 1 N–H and O–H groups in total. The fourth-order valence-electron chi connectivity index (χ4n) is 3.20. The molecule has 2 rings (SSSR count). The molecule has 0 amide bonds. The highest BCUT2D eigenvalue weighted by molar-refractivity contribution is 5.63. The van der Waals surface area contributed by atoms with Crippen LogP contribution in [0.4, 0.5) is 0 Å². The summed E-state index contributed by atoms with van der Waals surface area (Å²) in [6, 6.07) is 4.55. The number of benzene rings is 1. The minimum Gasteiger partial charge on any atom is -1.00 e. The number of aromatic amines is 1. The van der Waals surface area contributed by atoms with Crippen molar-refractivity contribution in [1.82, 2.24) is 4.98 Å². The number of imidazole rings is 1. The van der Waals surface area contributed by atoms with E-state index in [1.54, 1.807) is 0 Å². The third-order valence-corrected chi connectivity index (χ3v) is 4.18. The lowest BCUT2D eigenvalue weighted by molar-refractivity contribution is -0.685. The van der Waals surface area contributed by atoms with Gasteiger partial charge in [0.2, 0.25) is 0 Å². The van der Waals surface area contributed by atoms with Crippen molar-refractivity contribution in [2.75, 3.05) is 0 Å². The second-order valence-corrected chi connectivity index (χ2v) is 6.19. The predicted octanol–water partition coefficient (Wildman–Crippen LogP) is 1.87. The Kier molecular flexibility index (Phi) is 7.88. The maximum absolute atomic E-state index is 3.44. The number of aromatic nitrogens is 2. The maximum Gasteiger partial charge on any atom is 0.287 e. The van der Waals surface area contributed by atoms with Crippen LogP contribution in [0.1, 0.15) is 55.7 Å². The summed E-state index contributed by atoms with van der Waals surface area (Å²) < 4.78 is 2.37. The molecule has 0 aliphatic rings. The number of hydrogen-bond donors (Lipinski definition) is 1. The van der Waals surface area contributed by atoms with Gasteiger partial charge in [0.1, 0.15) is 12.4 Å². The Labute approximate surface area is 145 Å². The Bertz CT molecular complexity index is 564. The summed E-state index contributed by atoms with van der Waals surface area (Å²) in [6.45, 7) is 9.96. The first-order valence-corrected chi connectivity index (χ1v) is 8.28. The van der Waals surface area contributed by atoms with E-state index in [1.807, 2.05) is 0 Å². The zero-order valence-electron chi connectivity index (χ0n) is 14.4. The van der Waals surface area contributed by atoms with E-state index in [0.29, 0.717) is 0 Å². The number of unbranched alkanes of at least 4 members (excludes halogenated alkanes) is 4. The average molecular weight is 365 g/mol. The summed E-state index contributed by atoms with van der Waals surface area (Å²) in [7, 11) is 0. The van der Waals surface area contributed by atoms with Crippen LogP contribution in [0.2, 0.25) is 0 Å². The fraction of sp³-hybridized carbons (Fsp3) is 0.526. The summed E-state index contributed by atoms with van der Waals surface area (Å²) in [6.07, 6.45) is 10.9. The first kappa shape index (κ1) is 19.0. The summed E-state index contributed by atoms with van der Waals surface area (Å²) in [5, 5.41) is 0. The fourth-order valence-corrected chi connectivity index (χ4v) is 3.20. The normalized spacial score (nSPS) is 10.5. The van der Waals surface area contributed by atoms with Crippen LogP contribution in [0.15, 0.2) is 24.5 Å². The summed E-state index contributed by atoms with van der Waals surface area (Å²) in [5.41, 5.74) is 5.41. The van der Waals surface area contributed by atoms with Gasteiger partial charge >= 0.3 is 0 Å². The molecule has 0 unspecified atom stereocenters. The Morgan fingerprint density at radius 3 is 2.23 bits per heavy atom. The van der Waals surface area contributed by atoms with Gasteiger partial charge in [-0.25, -0.2) is 9.55 Å². The molecule has 2 aromatic rings. The standard InChI is InChI=1S/C19H28N2.BrH/c1-5-6-7-8-9-11-21-12-10-20-19(21)18-16(3)13-15(2)14-17(18)4;/h10,12-14H,5-9,11H2,1-4H3;1H. The first-order chi connectivity index (χ1) is 10.1. The van der Waals surface area contributed by atoms with Gasteiger partial charge in [-0.3, -0.25) is 0 Å². The van der Waals surface area contributed by atoms with E-state index >= 15 is 0 Å². The van der Waals surface area contributed by atoms with E-state index in [9.17, 15) is 0 Å². The Hall–Kier alpha value is -1.09. The molecule has 2 nitrogen and oxygen atoms in total. The molecule has 0 aliphatic heterocycles. The van der Waals surface area contributed by atoms with Crippen molar-refractivity contribution in [1.29, 1.82) is 0 Å². The monoisotopic (exact) mass is 364 g/mol. The van der Waals surface area contributed by atoms with Gasteiger partial charge < -0.3 is 17.0 Å². The maximum atomic E-state index is 3.44. The van der Waals surface area contributed by atoms with Crippen LogP contribution in [0.25, 0.3) is 11.4 Å². The van der Waals surface area contributed by atoms with Gasteiger partial charge in [-0.1, -0.05) is 43.9 Å². The molecule has 0 bridgehead atoms. The van der Waals surface area contributed by atoms with Gasteiger partial charge in [-0.15, -0.1) is 0 Å². The lowest BCUT2D eigenvalue weighted by Gasteiger charge is -2.09. The van der Waals surface area contributed by atoms with Gasteiger partial charge in [0.05, 0.1) is 12.1 Å². The number of halogens is 1. The molecule has 1 heterocycles. The number of hydrogen-bond acceptors (Lipinski definition) is 0. The van der Waals surface area contributed by atoms with Crippen molar-refractivity contribution in [2.45, 2.75) is 66.3 Å². The highest BCUT2D eigenvalue weighted by atomic mass is 79.9. The number of aryl methyl sites for hydroxylation is 4. The number of H-pyrrole nitrogens is 1. The molecule has 1 aromatic carbocycles. The van der Waals surface area contributed by atoms with E-state index in [2.05, 4.69) is 61.8 Å². The minimum absolute atomic E-state index is 0. The van der Waals surface area contributed by atoms with E-state index < -0.39 is 0 Å². The molecular weight excluding hydrogens is 336 g/mol. The summed E-state index contributed by atoms with van der Waals surface area (Å²) >= 11 is 0. The molecule has 0 spiro atoms. The van der Waals surface area contributed by atoms with Gasteiger partial charge in [0.15, 0.2) is 0 Å². The van der Waals surface area contributed by atoms with Gasteiger partial charge in [-0.05, 0) is 44.7 Å². The second-order valence-electron chi connectivity index (χ2n) is 6.19. The van der Waals surface area contributed by atoms with E-state index in [4.69, 9.17) is 0 Å². The highest BCUT2D eigenvalue weighted by Crippen LogP contribution is 2.24. The number of nitrogens with one attached hydrogen (secondary N) is 1. The average Bonchev–Trinajstić information content (AvgIpc) is 2.86. The Morgan fingerprint density at radius 2 is 1.59 bits per heavy atom. The molecular formula is C19H29BrN2. The third kappa shape index (κ3) is 4.70. The lowest BCUT2D eigenvalue weighted by atomic mass is 9.99. The first-order valence-electron chi connectivity index (χ1n) is 8.28. The van der Waals surface area contributed by atoms with Crippen LogP contribution in [-0.2, 0) is 6.54 Å².